The molecule has 0 saturated heterocycles. The van der Waals surface area contributed by atoms with Crippen molar-refractivity contribution in [2.75, 3.05) is 5.73 Å². The summed E-state index contributed by atoms with van der Waals surface area (Å²) in [6, 6.07) is 7.78. The van der Waals surface area contributed by atoms with E-state index in [0.29, 0.717) is 22.2 Å². The molecule has 0 aliphatic carbocycles. The third-order valence-electron chi connectivity index (χ3n) is 4.41. The molecule has 3 aromatic heterocycles. The van der Waals surface area contributed by atoms with Gasteiger partial charge in [0.2, 0.25) is 0 Å². The van der Waals surface area contributed by atoms with Gasteiger partial charge >= 0.3 is 0 Å². The van der Waals surface area contributed by atoms with Crippen molar-refractivity contribution in [2.45, 2.75) is 6.43 Å². The Kier molecular flexibility index (Phi) is 4.19. The minimum Gasteiger partial charge on any atom is -0.396 e. The third-order valence-corrected chi connectivity index (χ3v) is 4.41. The van der Waals surface area contributed by atoms with Crippen LogP contribution in [0.5, 0.6) is 0 Å². The number of halogens is 2. The van der Waals surface area contributed by atoms with E-state index in [9.17, 15) is 13.6 Å². The average Bonchev–Trinajstić information content (AvgIpc) is 3.16. The summed E-state index contributed by atoms with van der Waals surface area (Å²) >= 11 is 0. The van der Waals surface area contributed by atoms with Crippen LogP contribution in [0.15, 0.2) is 48.9 Å². The molecule has 1 amide bonds. The van der Waals surface area contributed by atoms with Crippen LogP contribution in [0.25, 0.3) is 33.3 Å². The number of nitrogens with one attached hydrogen (secondary N) is 1. The summed E-state index contributed by atoms with van der Waals surface area (Å²) in [6.45, 7) is 0. The van der Waals surface area contributed by atoms with Crippen molar-refractivity contribution in [2.24, 2.45) is 5.73 Å². The minimum absolute atomic E-state index is 0.0734. The number of hydrogen-bond donors (Lipinski definition) is 3. The number of aromatic nitrogens is 4. The molecule has 7 nitrogen and oxygen atoms in total. The normalized spacial score (nSPS) is 11.2. The first-order valence-corrected chi connectivity index (χ1v) is 8.22. The van der Waals surface area contributed by atoms with Gasteiger partial charge in [0, 0.05) is 40.0 Å². The molecule has 0 saturated carbocycles. The molecule has 0 atom stereocenters. The van der Waals surface area contributed by atoms with E-state index >= 15 is 0 Å². The molecule has 28 heavy (non-hydrogen) atoms. The fraction of sp³-hybridized carbons (Fsp3) is 0.0526. The topological polar surface area (TPSA) is 124 Å². The zero-order valence-electron chi connectivity index (χ0n) is 14.4. The molecule has 0 unspecified atom stereocenters. The Morgan fingerprint density at radius 1 is 1.18 bits per heavy atom. The number of alkyl halides is 2. The molecular weight excluding hydrogens is 366 g/mol. The first-order valence-electron chi connectivity index (χ1n) is 8.22. The summed E-state index contributed by atoms with van der Waals surface area (Å²) in [5.74, 6) is -0.859. The van der Waals surface area contributed by atoms with E-state index in [1.54, 1.807) is 30.6 Å². The molecule has 4 aromatic rings. The van der Waals surface area contributed by atoms with Gasteiger partial charge in [-0.2, -0.15) is 5.10 Å². The summed E-state index contributed by atoms with van der Waals surface area (Å²) in [5.41, 5.74) is 12.9. The lowest BCUT2D eigenvalue weighted by Crippen LogP contribution is -2.17. The van der Waals surface area contributed by atoms with E-state index in [1.807, 2.05) is 0 Å². The molecule has 0 aliphatic rings. The predicted octanol–water partition coefficient (Wildman–Crippen LogP) is 3.31. The quantitative estimate of drug-likeness (QED) is 0.501. The van der Waals surface area contributed by atoms with Crippen molar-refractivity contribution in [1.29, 1.82) is 0 Å². The zero-order valence-corrected chi connectivity index (χ0v) is 14.4. The molecule has 0 aliphatic heterocycles. The number of H-pyrrole nitrogens is 1. The molecule has 4 rings (SSSR count). The second-order valence-electron chi connectivity index (χ2n) is 6.09. The van der Waals surface area contributed by atoms with Gasteiger partial charge in [0.1, 0.15) is 0 Å². The maximum Gasteiger partial charge on any atom is 0.269 e. The van der Waals surface area contributed by atoms with E-state index in [1.165, 1.54) is 18.3 Å². The van der Waals surface area contributed by atoms with E-state index in [2.05, 4.69) is 20.2 Å². The Labute approximate surface area is 157 Å². The van der Waals surface area contributed by atoms with Crippen LogP contribution >= 0.6 is 0 Å². The van der Waals surface area contributed by atoms with Crippen LogP contribution in [0.4, 0.5) is 14.5 Å². The predicted molar refractivity (Wildman–Crippen MR) is 100 cm³/mol. The zero-order chi connectivity index (χ0) is 19.8. The van der Waals surface area contributed by atoms with Gasteiger partial charge in [-0.15, -0.1) is 0 Å². The van der Waals surface area contributed by atoms with Gasteiger partial charge in [0.05, 0.1) is 23.1 Å². The number of primary amides is 1. The summed E-state index contributed by atoms with van der Waals surface area (Å²) in [4.78, 5) is 20.2. The Morgan fingerprint density at radius 2 is 2.00 bits per heavy atom. The molecule has 5 N–H and O–H groups in total. The molecule has 140 valence electrons. The number of carbonyl (C=O) groups is 1. The van der Waals surface area contributed by atoms with Crippen LogP contribution < -0.4 is 11.5 Å². The standard InChI is InChI=1S/C19H14F2N6O/c20-18(21)10-3-4-13-12(8-25-27-13)15(10)11-6-14(9-2-1-5-24-7-9)26-17(16(11)22)19(23)28/h1-8,18H,22H2,(H2,23,28)(H,25,27). The number of nitrogens with two attached hydrogens (primary N) is 2. The number of nitrogen functional groups attached to an aromatic ring is 1. The lowest BCUT2D eigenvalue weighted by molar-refractivity contribution is 0.0996. The van der Waals surface area contributed by atoms with E-state index in [4.69, 9.17) is 11.5 Å². The van der Waals surface area contributed by atoms with Gasteiger partial charge in [-0.3, -0.25) is 14.9 Å². The summed E-state index contributed by atoms with van der Waals surface area (Å²) in [6.07, 6.45) is 1.79. The number of aromatic amines is 1. The number of anilines is 1. The summed E-state index contributed by atoms with van der Waals surface area (Å²) in [5, 5.41) is 7.12. The van der Waals surface area contributed by atoms with Crippen molar-refractivity contribution in [3.05, 3.63) is 60.2 Å². The molecule has 0 fully saturated rings. The first-order chi connectivity index (χ1) is 13.5. The SMILES string of the molecule is NC(=O)c1nc(-c2cccnc2)cc(-c2c(C(F)F)ccc3[nH]ncc23)c1N. The van der Waals surface area contributed by atoms with Crippen LogP contribution in [-0.4, -0.2) is 26.1 Å². The highest BCUT2D eigenvalue weighted by atomic mass is 19.3. The van der Waals surface area contributed by atoms with Crippen molar-refractivity contribution in [3.8, 4) is 22.4 Å². The van der Waals surface area contributed by atoms with E-state index < -0.39 is 12.3 Å². The maximum absolute atomic E-state index is 13.8. The van der Waals surface area contributed by atoms with Crippen LogP contribution in [0.2, 0.25) is 0 Å². The molecule has 0 bridgehead atoms. The van der Waals surface area contributed by atoms with Crippen LogP contribution in [0.3, 0.4) is 0 Å². The summed E-state index contributed by atoms with van der Waals surface area (Å²) in [7, 11) is 0. The molecule has 0 spiro atoms. The molecule has 1 aromatic carbocycles. The monoisotopic (exact) mass is 380 g/mol. The fourth-order valence-electron chi connectivity index (χ4n) is 3.13. The number of carbonyl (C=O) groups excluding carboxylic acids is 1. The second kappa shape index (κ2) is 6.69. The van der Waals surface area contributed by atoms with Gasteiger partial charge in [0.15, 0.2) is 5.69 Å². The van der Waals surface area contributed by atoms with E-state index in [-0.39, 0.29) is 28.1 Å². The number of rotatable bonds is 4. The Hall–Kier alpha value is -3.88. The van der Waals surface area contributed by atoms with Crippen LogP contribution in [-0.2, 0) is 0 Å². The lowest BCUT2D eigenvalue weighted by Gasteiger charge is -2.16. The lowest BCUT2D eigenvalue weighted by atomic mass is 9.93. The third kappa shape index (κ3) is 2.82. The van der Waals surface area contributed by atoms with Crippen LogP contribution in [0, 0.1) is 0 Å². The van der Waals surface area contributed by atoms with Gasteiger partial charge in [-0.25, -0.2) is 13.8 Å². The minimum atomic E-state index is -2.76. The largest absolute Gasteiger partial charge is 0.396 e. The van der Waals surface area contributed by atoms with Gasteiger partial charge in [-0.1, -0.05) is 6.07 Å². The number of nitrogens with zero attached hydrogens (tertiary/aromatic N) is 3. The average molecular weight is 380 g/mol. The molecule has 9 heteroatoms. The fourth-order valence-corrected chi connectivity index (χ4v) is 3.13. The number of amides is 1. The smallest absolute Gasteiger partial charge is 0.269 e. The van der Waals surface area contributed by atoms with Crippen molar-refractivity contribution >= 4 is 22.5 Å². The first kappa shape index (κ1) is 17.5. The van der Waals surface area contributed by atoms with Crippen molar-refractivity contribution < 1.29 is 13.6 Å². The second-order valence-corrected chi connectivity index (χ2v) is 6.09. The van der Waals surface area contributed by atoms with Gasteiger partial charge in [0.25, 0.3) is 12.3 Å². The van der Waals surface area contributed by atoms with Crippen LogP contribution in [0.1, 0.15) is 22.5 Å². The number of pyridine rings is 2. The maximum atomic E-state index is 13.8. The Morgan fingerprint density at radius 3 is 2.68 bits per heavy atom. The van der Waals surface area contributed by atoms with E-state index in [0.717, 1.165) is 0 Å². The highest BCUT2D eigenvalue weighted by Gasteiger charge is 2.23. The van der Waals surface area contributed by atoms with Crippen molar-refractivity contribution in [3.63, 3.8) is 0 Å². The van der Waals surface area contributed by atoms with Crippen molar-refractivity contribution in [1.82, 2.24) is 20.2 Å². The molecule has 0 radical (unpaired) electrons. The Bertz CT molecular complexity index is 1190. The number of fused-ring (bicyclic) bond motifs is 1. The number of hydrogen-bond acceptors (Lipinski definition) is 5. The Balaban J connectivity index is 2.10. The number of benzene rings is 1. The highest BCUT2D eigenvalue weighted by molar-refractivity contribution is 6.05. The highest BCUT2D eigenvalue weighted by Crippen LogP contribution is 2.41. The van der Waals surface area contributed by atoms with Gasteiger partial charge in [-0.05, 0) is 24.3 Å². The molecular formula is C19H14F2N6O. The van der Waals surface area contributed by atoms with Gasteiger partial charge < -0.3 is 11.5 Å². The molecule has 3 heterocycles. The summed E-state index contributed by atoms with van der Waals surface area (Å²) < 4.78 is 27.5.